The van der Waals surface area contributed by atoms with Crippen LogP contribution in [0.3, 0.4) is 0 Å². The average molecular weight is 468 g/mol. The number of carbonyl (C=O) groups is 1. The van der Waals surface area contributed by atoms with Crippen molar-refractivity contribution in [3.8, 4) is 0 Å². The number of carbonyl (C=O) groups excluding carboxylic acids is 1. The van der Waals surface area contributed by atoms with Crippen molar-refractivity contribution in [1.82, 2.24) is 10.3 Å². The number of anilines is 2. The number of halogens is 2. The van der Waals surface area contributed by atoms with Crippen LogP contribution in [0.25, 0.3) is 21.8 Å². The summed E-state index contributed by atoms with van der Waals surface area (Å²) in [6, 6.07) is 14.8. The molecular formula is C26H27ClFN3O2. The van der Waals surface area contributed by atoms with Gasteiger partial charge in [0.2, 0.25) is 0 Å². The first kappa shape index (κ1) is 22.9. The number of hydrogen-bond acceptors (Lipinski definition) is 3. The zero-order chi connectivity index (χ0) is 23.8. The number of rotatable bonds is 5. The highest BCUT2D eigenvalue weighted by atomic mass is 35.5. The largest absolute Gasteiger partial charge is 0.444 e. The standard InChI is InChI=1S/C26H27ClFN3O2/c1-15-5-7-18(14-22(15)28)30-19-11-16(9-10-29-25(32)33-26(2,3)4)24-21(13-19)20-12-17(27)6-8-23(20)31-24/h5-8,11-14,30-31H,9-10H2,1-4H3,(H,29,32). The fourth-order valence-electron chi connectivity index (χ4n) is 3.77. The predicted molar refractivity (Wildman–Crippen MR) is 133 cm³/mol. The number of aromatic nitrogens is 1. The minimum absolute atomic E-state index is 0.262. The maximum absolute atomic E-state index is 14.1. The van der Waals surface area contributed by atoms with E-state index in [1.807, 2.05) is 57.2 Å². The molecule has 0 aliphatic carbocycles. The van der Waals surface area contributed by atoms with Gasteiger partial charge in [-0.05, 0) is 87.7 Å². The lowest BCUT2D eigenvalue weighted by molar-refractivity contribution is 0.0528. The summed E-state index contributed by atoms with van der Waals surface area (Å²) in [6.07, 6.45) is 0.125. The number of nitrogens with one attached hydrogen (secondary N) is 3. The lowest BCUT2D eigenvalue weighted by atomic mass is 10.0. The Kier molecular flexibility index (Phi) is 6.21. The van der Waals surface area contributed by atoms with Gasteiger partial charge in [0.05, 0.1) is 0 Å². The Bertz CT molecular complexity index is 1340. The van der Waals surface area contributed by atoms with Gasteiger partial charge < -0.3 is 20.4 Å². The monoisotopic (exact) mass is 467 g/mol. The predicted octanol–water partition coefficient (Wildman–Crippen LogP) is 7.23. The molecular weight excluding hydrogens is 441 g/mol. The average Bonchev–Trinajstić information content (AvgIpc) is 3.07. The summed E-state index contributed by atoms with van der Waals surface area (Å²) < 4.78 is 19.4. The highest BCUT2D eigenvalue weighted by Gasteiger charge is 2.16. The Labute approximate surface area is 197 Å². The van der Waals surface area contributed by atoms with Gasteiger partial charge in [-0.3, -0.25) is 0 Å². The molecule has 1 aromatic heterocycles. The molecule has 0 unspecified atom stereocenters. The lowest BCUT2D eigenvalue weighted by Gasteiger charge is -2.19. The molecule has 7 heteroatoms. The molecule has 0 radical (unpaired) electrons. The van der Waals surface area contributed by atoms with Gasteiger partial charge >= 0.3 is 6.09 Å². The van der Waals surface area contributed by atoms with E-state index in [1.54, 1.807) is 13.0 Å². The van der Waals surface area contributed by atoms with Crippen LogP contribution in [0.1, 0.15) is 31.9 Å². The van der Waals surface area contributed by atoms with Crippen molar-refractivity contribution in [3.05, 3.63) is 70.5 Å². The first-order valence-electron chi connectivity index (χ1n) is 10.8. The molecule has 0 spiro atoms. The van der Waals surface area contributed by atoms with Crippen molar-refractivity contribution >= 4 is 50.9 Å². The number of aryl methyl sites for hydroxylation is 1. The van der Waals surface area contributed by atoms with E-state index < -0.39 is 11.7 Å². The Morgan fingerprint density at radius 3 is 2.58 bits per heavy atom. The van der Waals surface area contributed by atoms with Gasteiger partial charge in [0.15, 0.2) is 0 Å². The van der Waals surface area contributed by atoms with Gasteiger partial charge in [-0.2, -0.15) is 0 Å². The van der Waals surface area contributed by atoms with Crippen molar-refractivity contribution in [2.75, 3.05) is 11.9 Å². The number of H-pyrrole nitrogens is 1. The first-order valence-corrected chi connectivity index (χ1v) is 11.2. The third kappa shape index (κ3) is 5.40. The molecule has 4 rings (SSSR count). The zero-order valence-electron chi connectivity index (χ0n) is 19.1. The van der Waals surface area contributed by atoms with Gasteiger partial charge in [0.1, 0.15) is 11.4 Å². The second kappa shape index (κ2) is 8.94. The molecule has 0 atom stereocenters. The van der Waals surface area contributed by atoms with Crippen molar-refractivity contribution in [2.45, 2.75) is 39.7 Å². The molecule has 0 saturated carbocycles. The zero-order valence-corrected chi connectivity index (χ0v) is 19.9. The fourth-order valence-corrected chi connectivity index (χ4v) is 3.94. The molecule has 3 aromatic carbocycles. The topological polar surface area (TPSA) is 66.2 Å². The van der Waals surface area contributed by atoms with Gasteiger partial charge in [-0.15, -0.1) is 0 Å². The van der Waals surface area contributed by atoms with Crippen molar-refractivity contribution in [1.29, 1.82) is 0 Å². The van der Waals surface area contributed by atoms with Crippen LogP contribution in [0.15, 0.2) is 48.5 Å². The van der Waals surface area contributed by atoms with Gasteiger partial charge in [-0.1, -0.05) is 17.7 Å². The third-order valence-corrected chi connectivity index (χ3v) is 5.51. The Morgan fingerprint density at radius 2 is 1.85 bits per heavy atom. The lowest BCUT2D eigenvalue weighted by Crippen LogP contribution is -2.33. The van der Waals surface area contributed by atoms with Crippen LogP contribution in [0.2, 0.25) is 5.02 Å². The second-order valence-corrected chi connectivity index (χ2v) is 9.58. The number of alkyl carbamates (subject to hydrolysis) is 1. The molecule has 5 nitrogen and oxygen atoms in total. The number of hydrogen-bond donors (Lipinski definition) is 3. The number of fused-ring (bicyclic) bond motifs is 3. The smallest absolute Gasteiger partial charge is 0.407 e. The molecule has 1 amide bonds. The highest BCUT2D eigenvalue weighted by molar-refractivity contribution is 6.31. The molecule has 0 fully saturated rings. The molecule has 172 valence electrons. The molecule has 0 aliphatic heterocycles. The van der Waals surface area contributed by atoms with Crippen LogP contribution < -0.4 is 10.6 Å². The molecule has 3 N–H and O–H groups in total. The van der Waals surface area contributed by atoms with Crippen LogP contribution in [0.5, 0.6) is 0 Å². The Hall–Kier alpha value is -3.25. The Balaban J connectivity index is 1.68. The van der Waals surface area contributed by atoms with Crippen LogP contribution >= 0.6 is 11.6 Å². The third-order valence-electron chi connectivity index (χ3n) is 5.27. The summed E-state index contributed by atoms with van der Waals surface area (Å²) >= 11 is 6.26. The number of benzene rings is 3. The number of ether oxygens (including phenoxy) is 1. The summed E-state index contributed by atoms with van der Waals surface area (Å²) in [5, 5.41) is 8.76. The molecule has 1 heterocycles. The molecule has 0 saturated heterocycles. The summed E-state index contributed by atoms with van der Waals surface area (Å²) in [4.78, 5) is 15.5. The SMILES string of the molecule is Cc1ccc(Nc2cc(CCNC(=O)OC(C)(C)C)c3[nH]c4ccc(Cl)cc4c3c2)cc1F. The van der Waals surface area contributed by atoms with Gasteiger partial charge in [-0.25, -0.2) is 9.18 Å². The van der Waals surface area contributed by atoms with E-state index in [9.17, 15) is 9.18 Å². The molecule has 33 heavy (non-hydrogen) atoms. The second-order valence-electron chi connectivity index (χ2n) is 9.14. The van der Waals surface area contributed by atoms with Crippen molar-refractivity contribution < 1.29 is 13.9 Å². The number of amides is 1. The van der Waals surface area contributed by atoms with E-state index >= 15 is 0 Å². The van der Waals surface area contributed by atoms with Crippen LogP contribution in [-0.2, 0) is 11.2 Å². The van der Waals surface area contributed by atoms with E-state index in [0.29, 0.717) is 29.2 Å². The fraction of sp³-hybridized carbons (Fsp3) is 0.269. The van der Waals surface area contributed by atoms with E-state index in [0.717, 1.165) is 33.1 Å². The minimum atomic E-state index is -0.555. The van der Waals surface area contributed by atoms with E-state index in [4.69, 9.17) is 16.3 Å². The minimum Gasteiger partial charge on any atom is -0.444 e. The molecule has 4 aromatic rings. The van der Waals surface area contributed by atoms with Crippen molar-refractivity contribution in [3.63, 3.8) is 0 Å². The summed E-state index contributed by atoms with van der Waals surface area (Å²) in [5.74, 6) is -0.262. The van der Waals surface area contributed by atoms with E-state index in [1.165, 1.54) is 6.07 Å². The normalized spacial score (nSPS) is 11.7. The molecule has 0 aliphatic rings. The summed E-state index contributed by atoms with van der Waals surface area (Å²) in [7, 11) is 0. The van der Waals surface area contributed by atoms with Crippen molar-refractivity contribution in [2.24, 2.45) is 0 Å². The first-order chi connectivity index (χ1) is 15.6. The van der Waals surface area contributed by atoms with Crippen LogP contribution in [-0.4, -0.2) is 23.2 Å². The molecule has 0 bridgehead atoms. The van der Waals surface area contributed by atoms with Crippen LogP contribution in [0, 0.1) is 12.7 Å². The number of aromatic amines is 1. The highest BCUT2D eigenvalue weighted by Crippen LogP contribution is 2.33. The summed E-state index contributed by atoms with van der Waals surface area (Å²) in [6.45, 7) is 7.62. The van der Waals surface area contributed by atoms with E-state index in [-0.39, 0.29) is 5.82 Å². The maximum atomic E-state index is 14.1. The van der Waals surface area contributed by atoms with Crippen LogP contribution in [0.4, 0.5) is 20.6 Å². The van der Waals surface area contributed by atoms with Gasteiger partial charge in [0.25, 0.3) is 0 Å². The summed E-state index contributed by atoms with van der Waals surface area (Å²) in [5.41, 5.74) is 4.46. The quantitative estimate of drug-likeness (QED) is 0.290. The maximum Gasteiger partial charge on any atom is 0.407 e. The van der Waals surface area contributed by atoms with Gasteiger partial charge in [0, 0.05) is 44.7 Å². The van der Waals surface area contributed by atoms with E-state index in [2.05, 4.69) is 15.6 Å². The Morgan fingerprint density at radius 1 is 1.06 bits per heavy atom.